The molecule has 2 aromatic rings. The molecule has 4 heteroatoms. The maximum Gasteiger partial charge on any atom is 0.224 e. The van der Waals surface area contributed by atoms with Crippen LogP contribution in [0.25, 0.3) is 10.2 Å². The van der Waals surface area contributed by atoms with Crippen molar-refractivity contribution in [3.63, 3.8) is 0 Å². The fraction of sp³-hybridized carbons (Fsp3) is 0.200. The minimum Gasteiger partial charge on any atom is -0.369 e. The van der Waals surface area contributed by atoms with Crippen LogP contribution in [0.15, 0.2) is 18.2 Å². The van der Waals surface area contributed by atoms with Crippen molar-refractivity contribution in [2.75, 3.05) is 0 Å². The largest absolute Gasteiger partial charge is 0.369 e. The predicted molar refractivity (Wildman–Crippen MR) is 57.3 cm³/mol. The molecule has 0 bridgehead atoms. The van der Waals surface area contributed by atoms with E-state index in [2.05, 4.69) is 4.98 Å². The summed E-state index contributed by atoms with van der Waals surface area (Å²) >= 11 is 1.53. The molecule has 0 atom stereocenters. The highest BCUT2D eigenvalue weighted by molar-refractivity contribution is 7.18. The third kappa shape index (κ3) is 1.61. The number of carbonyl (C=O) groups excluding carboxylic acids is 1. The number of rotatable bonds is 2. The summed E-state index contributed by atoms with van der Waals surface area (Å²) in [5.74, 6) is -0.332. The lowest BCUT2D eigenvalue weighted by Crippen LogP contribution is -2.13. The highest BCUT2D eigenvalue weighted by Gasteiger charge is 2.07. The second-order valence-corrected chi connectivity index (χ2v) is 4.29. The Labute approximate surface area is 85.6 Å². The lowest BCUT2D eigenvalue weighted by molar-refractivity contribution is -0.117. The van der Waals surface area contributed by atoms with Crippen LogP contribution in [0.4, 0.5) is 0 Å². The van der Waals surface area contributed by atoms with Crippen molar-refractivity contribution >= 4 is 27.5 Å². The van der Waals surface area contributed by atoms with Gasteiger partial charge < -0.3 is 5.73 Å². The number of aryl methyl sites for hydroxylation is 1. The zero-order valence-electron chi connectivity index (χ0n) is 7.78. The lowest BCUT2D eigenvalue weighted by atomic mass is 10.2. The number of primary amides is 1. The number of hydrogen-bond donors (Lipinski definition) is 1. The Hall–Kier alpha value is -1.42. The van der Waals surface area contributed by atoms with Gasteiger partial charge in [0, 0.05) is 0 Å². The third-order valence-electron chi connectivity index (χ3n) is 1.99. The summed E-state index contributed by atoms with van der Waals surface area (Å²) in [5, 5.41) is 0.793. The molecule has 14 heavy (non-hydrogen) atoms. The van der Waals surface area contributed by atoms with Crippen LogP contribution in [-0.4, -0.2) is 10.9 Å². The van der Waals surface area contributed by atoms with Crippen LogP contribution in [0.3, 0.4) is 0 Å². The highest BCUT2D eigenvalue weighted by atomic mass is 32.1. The predicted octanol–water partition coefficient (Wildman–Crippen LogP) is 1.63. The molecule has 1 aromatic carbocycles. The zero-order chi connectivity index (χ0) is 10.1. The number of benzene rings is 1. The van der Waals surface area contributed by atoms with Gasteiger partial charge in [0.15, 0.2) is 0 Å². The molecule has 0 aliphatic heterocycles. The molecule has 2 rings (SSSR count). The van der Waals surface area contributed by atoms with Crippen LogP contribution in [0.2, 0.25) is 0 Å². The van der Waals surface area contributed by atoms with Gasteiger partial charge in [0.2, 0.25) is 5.91 Å². The number of nitrogens with zero attached hydrogens (tertiary/aromatic N) is 1. The molecule has 1 aromatic heterocycles. The van der Waals surface area contributed by atoms with Gasteiger partial charge in [-0.25, -0.2) is 4.98 Å². The monoisotopic (exact) mass is 206 g/mol. The van der Waals surface area contributed by atoms with Gasteiger partial charge in [-0.2, -0.15) is 0 Å². The van der Waals surface area contributed by atoms with Gasteiger partial charge >= 0.3 is 0 Å². The standard InChI is InChI=1S/C10H10N2OS/c1-6-3-2-4-7-10(6)12-9(14-7)5-8(11)13/h2-4H,5H2,1H3,(H2,11,13). The summed E-state index contributed by atoms with van der Waals surface area (Å²) in [4.78, 5) is 15.1. The van der Waals surface area contributed by atoms with Gasteiger partial charge in [0.1, 0.15) is 5.01 Å². The molecule has 0 radical (unpaired) electrons. The van der Waals surface area contributed by atoms with Crippen LogP contribution in [0, 0.1) is 6.92 Å². The smallest absolute Gasteiger partial charge is 0.224 e. The number of amides is 1. The van der Waals surface area contributed by atoms with E-state index < -0.39 is 0 Å². The van der Waals surface area contributed by atoms with Crippen molar-refractivity contribution in [1.29, 1.82) is 0 Å². The van der Waals surface area contributed by atoms with Crippen molar-refractivity contribution in [1.82, 2.24) is 4.98 Å². The first-order valence-corrected chi connectivity index (χ1v) is 5.12. The second kappa shape index (κ2) is 3.38. The van der Waals surface area contributed by atoms with E-state index in [-0.39, 0.29) is 12.3 Å². The average Bonchev–Trinajstić information content (AvgIpc) is 2.47. The summed E-state index contributed by atoms with van der Waals surface area (Å²) in [5.41, 5.74) is 7.23. The average molecular weight is 206 g/mol. The zero-order valence-corrected chi connectivity index (χ0v) is 8.60. The Morgan fingerprint density at radius 2 is 2.36 bits per heavy atom. The number of para-hydroxylation sites is 1. The molecule has 0 aliphatic rings. The SMILES string of the molecule is Cc1cccc2sc(CC(N)=O)nc12. The molecular weight excluding hydrogens is 196 g/mol. The van der Waals surface area contributed by atoms with E-state index in [0.717, 1.165) is 20.8 Å². The number of aromatic nitrogens is 1. The maximum absolute atomic E-state index is 10.7. The Bertz CT molecular complexity index is 490. The lowest BCUT2D eigenvalue weighted by Gasteiger charge is -1.90. The summed E-state index contributed by atoms with van der Waals surface area (Å²) in [6, 6.07) is 6.00. The summed E-state index contributed by atoms with van der Waals surface area (Å²) < 4.78 is 1.11. The van der Waals surface area contributed by atoms with Crippen LogP contribution in [0.5, 0.6) is 0 Å². The fourth-order valence-electron chi connectivity index (χ4n) is 1.36. The Morgan fingerprint density at radius 3 is 3.00 bits per heavy atom. The molecule has 0 spiro atoms. The topological polar surface area (TPSA) is 56.0 Å². The van der Waals surface area contributed by atoms with E-state index in [0.29, 0.717) is 0 Å². The van der Waals surface area contributed by atoms with Gasteiger partial charge in [-0.15, -0.1) is 11.3 Å². The summed E-state index contributed by atoms with van der Waals surface area (Å²) in [6.07, 6.45) is 0.235. The van der Waals surface area contributed by atoms with Gasteiger partial charge in [0.25, 0.3) is 0 Å². The molecule has 3 nitrogen and oxygen atoms in total. The minimum absolute atomic E-state index is 0.235. The molecule has 72 valence electrons. The first-order valence-electron chi connectivity index (χ1n) is 4.30. The molecule has 0 fully saturated rings. The van der Waals surface area contributed by atoms with Crippen molar-refractivity contribution in [2.45, 2.75) is 13.3 Å². The normalized spacial score (nSPS) is 10.6. The molecule has 1 amide bonds. The molecular formula is C10H10N2OS. The maximum atomic E-state index is 10.7. The van der Waals surface area contributed by atoms with Crippen molar-refractivity contribution in [3.05, 3.63) is 28.8 Å². The van der Waals surface area contributed by atoms with E-state index in [1.165, 1.54) is 11.3 Å². The van der Waals surface area contributed by atoms with E-state index >= 15 is 0 Å². The molecule has 0 unspecified atom stereocenters. The van der Waals surface area contributed by atoms with Gasteiger partial charge in [-0.3, -0.25) is 4.79 Å². The van der Waals surface area contributed by atoms with E-state index in [1.807, 2.05) is 25.1 Å². The second-order valence-electron chi connectivity index (χ2n) is 3.17. The Kier molecular flexibility index (Phi) is 2.21. The van der Waals surface area contributed by atoms with Crippen molar-refractivity contribution in [2.24, 2.45) is 5.73 Å². The Balaban J connectivity index is 2.51. The third-order valence-corrected chi connectivity index (χ3v) is 3.01. The number of hydrogen-bond acceptors (Lipinski definition) is 3. The van der Waals surface area contributed by atoms with Crippen LogP contribution in [-0.2, 0) is 11.2 Å². The van der Waals surface area contributed by atoms with Crippen LogP contribution < -0.4 is 5.73 Å². The van der Waals surface area contributed by atoms with Crippen molar-refractivity contribution < 1.29 is 4.79 Å². The number of carbonyl (C=O) groups is 1. The Morgan fingerprint density at radius 1 is 1.57 bits per heavy atom. The van der Waals surface area contributed by atoms with E-state index in [4.69, 9.17) is 5.73 Å². The van der Waals surface area contributed by atoms with Crippen molar-refractivity contribution in [3.8, 4) is 0 Å². The first kappa shape index (κ1) is 9.15. The summed E-state index contributed by atoms with van der Waals surface area (Å²) in [6.45, 7) is 2.01. The summed E-state index contributed by atoms with van der Waals surface area (Å²) in [7, 11) is 0. The van der Waals surface area contributed by atoms with E-state index in [1.54, 1.807) is 0 Å². The molecule has 1 heterocycles. The number of nitrogens with two attached hydrogens (primary N) is 1. The van der Waals surface area contributed by atoms with Gasteiger partial charge in [0.05, 0.1) is 16.6 Å². The quantitative estimate of drug-likeness (QED) is 0.812. The van der Waals surface area contributed by atoms with Gasteiger partial charge in [-0.05, 0) is 18.6 Å². The minimum atomic E-state index is -0.332. The van der Waals surface area contributed by atoms with Gasteiger partial charge in [-0.1, -0.05) is 12.1 Å². The van der Waals surface area contributed by atoms with Crippen LogP contribution in [0.1, 0.15) is 10.6 Å². The first-order chi connectivity index (χ1) is 6.66. The highest BCUT2D eigenvalue weighted by Crippen LogP contribution is 2.24. The van der Waals surface area contributed by atoms with E-state index in [9.17, 15) is 4.79 Å². The molecule has 0 saturated carbocycles. The number of thiazole rings is 1. The molecule has 0 saturated heterocycles. The fourth-order valence-corrected chi connectivity index (χ4v) is 2.41. The number of fused-ring (bicyclic) bond motifs is 1. The molecule has 0 aliphatic carbocycles. The molecule has 2 N–H and O–H groups in total. The van der Waals surface area contributed by atoms with Crippen LogP contribution >= 0.6 is 11.3 Å².